The standard InChI is InChI=1S/C27H18N2/c1-3-13-22-18(9-1)20-11-5-7-15-24(20)28-26(22)17-27-23-14-4-2-10-19(23)21-12-6-8-16-25(21)29-27/h1-16H,17H2. The molecule has 0 radical (unpaired) electrons. The van der Waals surface area contributed by atoms with Gasteiger partial charge in [0.1, 0.15) is 0 Å². The first-order valence-electron chi connectivity index (χ1n) is 9.91. The third kappa shape index (κ3) is 2.57. The molecular weight excluding hydrogens is 352 g/mol. The van der Waals surface area contributed by atoms with Crippen molar-refractivity contribution in [1.29, 1.82) is 0 Å². The van der Waals surface area contributed by atoms with Crippen molar-refractivity contribution in [2.45, 2.75) is 6.42 Å². The Kier molecular flexibility index (Phi) is 3.57. The quantitative estimate of drug-likeness (QED) is 0.318. The van der Waals surface area contributed by atoms with E-state index >= 15 is 0 Å². The van der Waals surface area contributed by atoms with Crippen LogP contribution in [0.4, 0.5) is 0 Å². The largest absolute Gasteiger partial charge is 0.252 e. The minimum atomic E-state index is 0.705. The lowest BCUT2D eigenvalue weighted by molar-refractivity contribution is 1.07. The SMILES string of the molecule is c1ccc2c(c1)nc(Cc1nc3ccccc3c3ccccc13)c1ccccc12. The molecule has 136 valence electrons. The highest BCUT2D eigenvalue weighted by molar-refractivity contribution is 6.08. The summed E-state index contributed by atoms with van der Waals surface area (Å²) in [6.45, 7) is 0. The second-order valence-corrected chi connectivity index (χ2v) is 7.42. The number of aromatic nitrogens is 2. The highest BCUT2D eigenvalue weighted by atomic mass is 14.7. The second kappa shape index (κ2) is 6.39. The molecule has 0 unspecified atom stereocenters. The third-order valence-electron chi connectivity index (χ3n) is 5.71. The molecule has 0 N–H and O–H groups in total. The van der Waals surface area contributed by atoms with Crippen LogP contribution in [0.15, 0.2) is 97.1 Å². The van der Waals surface area contributed by atoms with Crippen molar-refractivity contribution in [2.24, 2.45) is 0 Å². The zero-order valence-corrected chi connectivity index (χ0v) is 15.8. The lowest BCUT2D eigenvalue weighted by Gasteiger charge is -2.12. The predicted molar refractivity (Wildman–Crippen MR) is 121 cm³/mol. The molecule has 4 aromatic carbocycles. The molecular formula is C27H18N2. The van der Waals surface area contributed by atoms with E-state index in [1.54, 1.807) is 0 Å². The average Bonchev–Trinajstić information content (AvgIpc) is 2.79. The molecule has 0 spiro atoms. The molecule has 0 atom stereocenters. The molecule has 0 aliphatic carbocycles. The van der Waals surface area contributed by atoms with E-state index in [1.807, 2.05) is 0 Å². The van der Waals surface area contributed by atoms with Crippen LogP contribution in [0.25, 0.3) is 43.4 Å². The number of rotatable bonds is 2. The van der Waals surface area contributed by atoms with Gasteiger partial charge < -0.3 is 0 Å². The van der Waals surface area contributed by atoms with Crippen molar-refractivity contribution in [3.8, 4) is 0 Å². The number of benzene rings is 4. The summed E-state index contributed by atoms with van der Waals surface area (Å²) >= 11 is 0. The summed E-state index contributed by atoms with van der Waals surface area (Å²) in [6.07, 6.45) is 0.705. The van der Waals surface area contributed by atoms with Crippen LogP contribution in [0.3, 0.4) is 0 Å². The maximum Gasteiger partial charge on any atom is 0.0711 e. The molecule has 2 heterocycles. The molecule has 0 aliphatic heterocycles. The molecule has 0 bridgehead atoms. The van der Waals surface area contributed by atoms with Crippen LogP contribution < -0.4 is 0 Å². The van der Waals surface area contributed by atoms with Crippen LogP contribution in [-0.2, 0) is 6.42 Å². The molecule has 0 fully saturated rings. The highest BCUT2D eigenvalue weighted by Gasteiger charge is 2.13. The minimum Gasteiger partial charge on any atom is -0.252 e. The fourth-order valence-electron chi connectivity index (χ4n) is 4.38. The van der Waals surface area contributed by atoms with Crippen molar-refractivity contribution in [3.05, 3.63) is 108 Å². The van der Waals surface area contributed by atoms with E-state index in [4.69, 9.17) is 9.97 Å². The summed E-state index contributed by atoms with van der Waals surface area (Å²) in [5.41, 5.74) is 4.22. The summed E-state index contributed by atoms with van der Waals surface area (Å²) in [5, 5.41) is 7.29. The van der Waals surface area contributed by atoms with Crippen molar-refractivity contribution < 1.29 is 0 Å². The van der Waals surface area contributed by atoms with Gasteiger partial charge in [0.25, 0.3) is 0 Å². The molecule has 2 heteroatoms. The van der Waals surface area contributed by atoms with Crippen LogP contribution in [0.5, 0.6) is 0 Å². The Bertz CT molecular complexity index is 1420. The van der Waals surface area contributed by atoms with Gasteiger partial charge in [-0.05, 0) is 22.9 Å². The Labute approximate surface area is 168 Å². The van der Waals surface area contributed by atoms with Gasteiger partial charge in [0.2, 0.25) is 0 Å². The summed E-state index contributed by atoms with van der Waals surface area (Å²) < 4.78 is 0. The summed E-state index contributed by atoms with van der Waals surface area (Å²) in [4.78, 5) is 10.1. The maximum absolute atomic E-state index is 5.05. The molecule has 0 saturated heterocycles. The second-order valence-electron chi connectivity index (χ2n) is 7.42. The van der Waals surface area contributed by atoms with E-state index in [-0.39, 0.29) is 0 Å². The van der Waals surface area contributed by atoms with Crippen LogP contribution >= 0.6 is 0 Å². The Morgan fingerprint density at radius 3 is 1.17 bits per heavy atom. The van der Waals surface area contributed by atoms with Crippen LogP contribution in [-0.4, -0.2) is 9.97 Å². The first-order valence-corrected chi connectivity index (χ1v) is 9.91. The molecule has 0 aliphatic rings. The lowest BCUT2D eigenvalue weighted by Crippen LogP contribution is -1.99. The van der Waals surface area contributed by atoms with E-state index in [1.165, 1.54) is 32.3 Å². The third-order valence-corrected chi connectivity index (χ3v) is 5.71. The highest BCUT2D eigenvalue weighted by Crippen LogP contribution is 2.31. The van der Waals surface area contributed by atoms with Crippen LogP contribution in [0.1, 0.15) is 11.4 Å². The van der Waals surface area contributed by atoms with Crippen LogP contribution in [0, 0.1) is 0 Å². The van der Waals surface area contributed by atoms with Gasteiger partial charge >= 0.3 is 0 Å². The lowest BCUT2D eigenvalue weighted by atomic mass is 9.98. The average molecular weight is 370 g/mol. The normalized spacial score (nSPS) is 11.6. The van der Waals surface area contributed by atoms with Gasteiger partial charge in [-0.3, -0.25) is 9.97 Å². The fourth-order valence-corrected chi connectivity index (χ4v) is 4.38. The van der Waals surface area contributed by atoms with Gasteiger partial charge in [0.05, 0.1) is 22.4 Å². The van der Waals surface area contributed by atoms with Crippen molar-refractivity contribution in [2.75, 3.05) is 0 Å². The van der Waals surface area contributed by atoms with Crippen molar-refractivity contribution in [1.82, 2.24) is 9.97 Å². The number of hydrogen-bond donors (Lipinski definition) is 0. The number of fused-ring (bicyclic) bond motifs is 6. The molecule has 2 nitrogen and oxygen atoms in total. The number of hydrogen-bond acceptors (Lipinski definition) is 2. The maximum atomic E-state index is 5.05. The van der Waals surface area contributed by atoms with Gasteiger partial charge in [-0.1, -0.05) is 84.9 Å². The van der Waals surface area contributed by atoms with Gasteiger partial charge in [-0.25, -0.2) is 0 Å². The molecule has 2 aromatic heterocycles. The Morgan fingerprint density at radius 1 is 0.379 bits per heavy atom. The Balaban J connectivity index is 1.64. The van der Waals surface area contributed by atoms with Crippen LogP contribution in [0.2, 0.25) is 0 Å². The molecule has 0 saturated carbocycles. The number of para-hydroxylation sites is 2. The topological polar surface area (TPSA) is 25.8 Å². The van der Waals surface area contributed by atoms with Gasteiger partial charge in [-0.2, -0.15) is 0 Å². The smallest absolute Gasteiger partial charge is 0.0711 e. The zero-order chi connectivity index (χ0) is 19.2. The minimum absolute atomic E-state index is 0.705. The Morgan fingerprint density at radius 2 is 0.724 bits per heavy atom. The zero-order valence-electron chi connectivity index (χ0n) is 15.8. The van der Waals surface area contributed by atoms with E-state index in [2.05, 4.69) is 97.1 Å². The van der Waals surface area contributed by atoms with Gasteiger partial charge in [0.15, 0.2) is 0 Å². The predicted octanol–water partition coefficient (Wildman–Crippen LogP) is 6.68. The Hall–Kier alpha value is -3.78. The monoisotopic (exact) mass is 370 g/mol. The van der Waals surface area contributed by atoms with E-state index in [0.29, 0.717) is 6.42 Å². The molecule has 0 amide bonds. The summed E-state index contributed by atoms with van der Waals surface area (Å²) in [6, 6.07) is 33.9. The van der Waals surface area contributed by atoms with E-state index in [9.17, 15) is 0 Å². The van der Waals surface area contributed by atoms with Crippen molar-refractivity contribution in [3.63, 3.8) is 0 Å². The number of nitrogens with zero attached hydrogens (tertiary/aromatic N) is 2. The summed E-state index contributed by atoms with van der Waals surface area (Å²) in [5.74, 6) is 0. The van der Waals surface area contributed by atoms with Crippen molar-refractivity contribution >= 4 is 43.4 Å². The first kappa shape index (κ1) is 16.2. The van der Waals surface area contributed by atoms with Gasteiger partial charge in [-0.15, -0.1) is 0 Å². The van der Waals surface area contributed by atoms with Gasteiger partial charge in [0, 0.05) is 28.0 Å². The summed E-state index contributed by atoms with van der Waals surface area (Å²) in [7, 11) is 0. The number of pyridine rings is 2. The molecule has 29 heavy (non-hydrogen) atoms. The fraction of sp³-hybridized carbons (Fsp3) is 0.0370. The van der Waals surface area contributed by atoms with E-state index < -0.39 is 0 Å². The molecule has 6 rings (SSSR count). The first-order chi connectivity index (χ1) is 14.4. The van der Waals surface area contributed by atoms with E-state index in [0.717, 1.165) is 22.4 Å². The molecule has 6 aromatic rings.